The van der Waals surface area contributed by atoms with Crippen molar-refractivity contribution in [3.05, 3.63) is 22.4 Å². The lowest BCUT2D eigenvalue weighted by molar-refractivity contribution is -0.127. The topological polar surface area (TPSA) is 52.9 Å². The second-order valence-electron chi connectivity index (χ2n) is 5.96. The molecule has 0 atom stereocenters. The molecule has 1 N–H and O–H groups in total. The largest absolute Gasteiger partial charge is 0.353 e. The molecule has 122 valence electrons. The van der Waals surface area contributed by atoms with Gasteiger partial charge in [0.05, 0.1) is 6.54 Å². The van der Waals surface area contributed by atoms with Crippen molar-refractivity contribution >= 4 is 27.8 Å². The number of carbonyl (C=O) groups excluding carboxylic acids is 1. The van der Waals surface area contributed by atoms with Gasteiger partial charge in [0.2, 0.25) is 5.91 Å². The molecule has 0 bridgehead atoms. The second-order valence-corrected chi connectivity index (χ2v) is 6.88. The first kappa shape index (κ1) is 16.9. The van der Waals surface area contributed by atoms with Gasteiger partial charge in [0, 0.05) is 50.6 Å². The van der Waals surface area contributed by atoms with Crippen molar-refractivity contribution in [2.45, 2.75) is 25.4 Å². The third kappa shape index (κ3) is 4.76. The quantitative estimate of drug-likeness (QED) is 0.630. The van der Waals surface area contributed by atoms with Gasteiger partial charge >= 0.3 is 0 Å². The number of amides is 1. The number of guanidine groups is 1. The van der Waals surface area contributed by atoms with E-state index in [9.17, 15) is 4.79 Å². The van der Waals surface area contributed by atoms with Crippen molar-refractivity contribution in [2.24, 2.45) is 12.0 Å². The van der Waals surface area contributed by atoms with E-state index in [-0.39, 0.29) is 12.5 Å². The Morgan fingerprint density at radius 2 is 2.14 bits per heavy atom. The van der Waals surface area contributed by atoms with Gasteiger partial charge in [0.25, 0.3) is 0 Å². The predicted molar refractivity (Wildman–Crippen MR) is 91.7 cm³/mol. The molecular formula is C15H24BrN5O. The Hall–Kier alpha value is -1.50. The monoisotopic (exact) mass is 369 g/mol. The Morgan fingerprint density at radius 1 is 1.45 bits per heavy atom. The van der Waals surface area contributed by atoms with E-state index < -0.39 is 0 Å². The second kappa shape index (κ2) is 7.17. The fourth-order valence-electron chi connectivity index (χ4n) is 2.01. The lowest BCUT2D eigenvalue weighted by Crippen LogP contribution is -2.41. The van der Waals surface area contributed by atoms with Gasteiger partial charge in [-0.25, -0.2) is 4.99 Å². The van der Waals surface area contributed by atoms with Crippen LogP contribution in [0.25, 0.3) is 0 Å². The standard InChI is InChI=1S/C15H24BrN5O/c1-19(2)14(22)8-17-15(18-12-5-6-12)21(4)10-13-7-11(16)9-20(13)3/h7,9,12H,5-6,8,10H2,1-4H3,(H,17,18). The lowest BCUT2D eigenvalue weighted by atomic mass is 10.4. The average molecular weight is 370 g/mol. The van der Waals surface area contributed by atoms with Crippen molar-refractivity contribution in [2.75, 3.05) is 27.7 Å². The average Bonchev–Trinajstić information content (AvgIpc) is 3.20. The van der Waals surface area contributed by atoms with E-state index in [4.69, 9.17) is 0 Å². The molecule has 1 aromatic rings. The van der Waals surface area contributed by atoms with Gasteiger partial charge in [0.1, 0.15) is 6.54 Å². The molecule has 22 heavy (non-hydrogen) atoms. The van der Waals surface area contributed by atoms with Crippen LogP contribution in [0.1, 0.15) is 18.5 Å². The van der Waals surface area contributed by atoms with Crippen LogP contribution < -0.4 is 5.32 Å². The Morgan fingerprint density at radius 3 is 2.64 bits per heavy atom. The molecule has 1 heterocycles. The highest BCUT2D eigenvalue weighted by Gasteiger charge is 2.24. The highest BCUT2D eigenvalue weighted by molar-refractivity contribution is 9.10. The highest BCUT2D eigenvalue weighted by Crippen LogP contribution is 2.19. The molecule has 1 amide bonds. The number of aromatic nitrogens is 1. The summed E-state index contributed by atoms with van der Waals surface area (Å²) >= 11 is 3.49. The molecule has 2 rings (SSSR count). The zero-order valence-electron chi connectivity index (χ0n) is 13.6. The van der Waals surface area contributed by atoms with E-state index in [2.05, 4.69) is 41.8 Å². The number of aryl methyl sites for hydroxylation is 1. The molecule has 0 radical (unpaired) electrons. The summed E-state index contributed by atoms with van der Waals surface area (Å²) in [5, 5.41) is 3.42. The molecule has 1 aliphatic rings. The van der Waals surface area contributed by atoms with Crippen LogP contribution in [0.3, 0.4) is 0 Å². The number of rotatable bonds is 5. The van der Waals surface area contributed by atoms with Crippen LogP contribution >= 0.6 is 15.9 Å². The number of nitrogens with one attached hydrogen (secondary N) is 1. The Labute approximate surface area is 140 Å². The van der Waals surface area contributed by atoms with Gasteiger partial charge in [-0.3, -0.25) is 4.79 Å². The van der Waals surface area contributed by atoms with Gasteiger partial charge in [0.15, 0.2) is 5.96 Å². The number of nitrogens with zero attached hydrogens (tertiary/aromatic N) is 4. The molecule has 1 aliphatic carbocycles. The molecular weight excluding hydrogens is 346 g/mol. The zero-order chi connectivity index (χ0) is 16.3. The minimum atomic E-state index is 0.00473. The molecule has 1 saturated carbocycles. The van der Waals surface area contributed by atoms with Crippen molar-refractivity contribution in [1.29, 1.82) is 0 Å². The number of hydrogen-bond donors (Lipinski definition) is 1. The minimum absolute atomic E-state index is 0.00473. The summed E-state index contributed by atoms with van der Waals surface area (Å²) in [4.78, 5) is 19.8. The zero-order valence-corrected chi connectivity index (χ0v) is 15.2. The fourth-order valence-corrected chi connectivity index (χ4v) is 2.58. The Kier molecular flexibility index (Phi) is 5.50. The first-order valence-electron chi connectivity index (χ1n) is 7.40. The van der Waals surface area contributed by atoms with Crippen LogP contribution in [-0.4, -0.2) is 60.0 Å². The highest BCUT2D eigenvalue weighted by atomic mass is 79.9. The van der Waals surface area contributed by atoms with Crippen molar-refractivity contribution < 1.29 is 4.79 Å². The van der Waals surface area contributed by atoms with E-state index in [1.54, 1.807) is 19.0 Å². The summed E-state index contributed by atoms with van der Waals surface area (Å²) in [6.07, 6.45) is 4.37. The van der Waals surface area contributed by atoms with Crippen LogP contribution in [-0.2, 0) is 18.4 Å². The van der Waals surface area contributed by atoms with E-state index in [0.717, 1.165) is 17.0 Å². The molecule has 6 nitrogen and oxygen atoms in total. The fraction of sp³-hybridized carbons (Fsp3) is 0.600. The van der Waals surface area contributed by atoms with Crippen LogP contribution in [0.4, 0.5) is 0 Å². The molecule has 7 heteroatoms. The Balaban J connectivity index is 2.04. The van der Waals surface area contributed by atoms with Gasteiger partial charge in [-0.15, -0.1) is 0 Å². The minimum Gasteiger partial charge on any atom is -0.353 e. The maximum absolute atomic E-state index is 11.7. The van der Waals surface area contributed by atoms with Gasteiger partial charge in [-0.1, -0.05) is 0 Å². The summed E-state index contributed by atoms with van der Waals surface area (Å²) in [7, 11) is 7.51. The van der Waals surface area contributed by atoms with Crippen molar-refractivity contribution in [3.63, 3.8) is 0 Å². The van der Waals surface area contributed by atoms with Crippen LogP contribution in [0.15, 0.2) is 21.7 Å². The molecule has 0 aliphatic heterocycles. The molecule has 0 aromatic carbocycles. The van der Waals surface area contributed by atoms with E-state index in [1.165, 1.54) is 18.5 Å². The van der Waals surface area contributed by atoms with Crippen molar-refractivity contribution in [1.82, 2.24) is 19.7 Å². The number of aliphatic imine (C=N–C) groups is 1. The molecule has 1 fully saturated rings. The van der Waals surface area contributed by atoms with E-state index >= 15 is 0 Å². The first-order valence-corrected chi connectivity index (χ1v) is 8.19. The van der Waals surface area contributed by atoms with Gasteiger partial charge in [-0.05, 0) is 34.8 Å². The molecule has 1 aromatic heterocycles. The van der Waals surface area contributed by atoms with E-state index in [1.807, 2.05) is 20.3 Å². The molecule has 0 saturated heterocycles. The summed E-state index contributed by atoms with van der Waals surface area (Å²) in [6, 6.07) is 2.59. The predicted octanol–water partition coefficient (Wildman–Crippen LogP) is 1.42. The smallest absolute Gasteiger partial charge is 0.243 e. The summed E-state index contributed by atoms with van der Waals surface area (Å²) in [6.45, 7) is 0.903. The van der Waals surface area contributed by atoms with E-state index in [0.29, 0.717) is 6.04 Å². The SMILES string of the molecule is CN(C)C(=O)CN=C(NC1CC1)N(C)Cc1cc(Br)cn1C. The first-order chi connectivity index (χ1) is 10.4. The summed E-state index contributed by atoms with van der Waals surface area (Å²) in [5.41, 5.74) is 1.18. The third-order valence-electron chi connectivity index (χ3n) is 3.61. The molecule has 0 spiro atoms. The maximum atomic E-state index is 11.7. The third-order valence-corrected chi connectivity index (χ3v) is 4.04. The van der Waals surface area contributed by atoms with Crippen molar-refractivity contribution in [3.8, 4) is 0 Å². The normalized spacial score (nSPS) is 14.9. The molecule has 0 unspecified atom stereocenters. The van der Waals surface area contributed by atoms with Crippen LogP contribution in [0, 0.1) is 0 Å². The summed E-state index contributed by atoms with van der Waals surface area (Å²) in [5.74, 6) is 0.792. The number of hydrogen-bond acceptors (Lipinski definition) is 2. The number of halogens is 1. The van der Waals surface area contributed by atoms with Crippen LogP contribution in [0.5, 0.6) is 0 Å². The van der Waals surface area contributed by atoms with Gasteiger partial charge in [-0.2, -0.15) is 0 Å². The van der Waals surface area contributed by atoms with Gasteiger partial charge < -0.3 is 19.7 Å². The van der Waals surface area contributed by atoms with Crippen LogP contribution in [0.2, 0.25) is 0 Å². The summed E-state index contributed by atoms with van der Waals surface area (Å²) < 4.78 is 3.15. The number of likely N-dealkylation sites (N-methyl/N-ethyl adjacent to an activating group) is 1. The number of carbonyl (C=O) groups is 1. The Bertz CT molecular complexity index is 562. The lowest BCUT2D eigenvalue weighted by Gasteiger charge is -2.23. The maximum Gasteiger partial charge on any atom is 0.243 e.